The number of ether oxygens (including phenoxy) is 2. The van der Waals surface area contributed by atoms with Gasteiger partial charge in [-0.25, -0.2) is 4.79 Å². The third-order valence-corrected chi connectivity index (χ3v) is 2.03. The predicted molar refractivity (Wildman–Crippen MR) is 63.0 cm³/mol. The number of rotatable bonds is 7. The molecule has 0 saturated heterocycles. The Morgan fingerprint density at radius 1 is 1.41 bits per heavy atom. The van der Waals surface area contributed by atoms with Crippen LogP contribution in [0.2, 0.25) is 0 Å². The van der Waals surface area contributed by atoms with Gasteiger partial charge in [-0.15, -0.1) is 6.58 Å². The fraction of sp³-hybridized carbons (Fsp3) is 0.455. The standard InChI is InChI=1S/C11H16N2O4/c1-3-4-16-5-6-17-8-13-7-9(2)10(14)12-11(13)15/h3,7H,1,4-6,8H2,2H3,(H,12,14,15). The summed E-state index contributed by atoms with van der Waals surface area (Å²) in [4.78, 5) is 24.6. The minimum Gasteiger partial charge on any atom is -0.375 e. The highest BCUT2D eigenvalue weighted by atomic mass is 16.5. The van der Waals surface area contributed by atoms with E-state index in [0.717, 1.165) is 0 Å². The highest BCUT2D eigenvalue weighted by Crippen LogP contribution is 1.86. The van der Waals surface area contributed by atoms with Gasteiger partial charge in [0.25, 0.3) is 5.56 Å². The van der Waals surface area contributed by atoms with Gasteiger partial charge in [-0.2, -0.15) is 0 Å². The Morgan fingerprint density at radius 3 is 2.82 bits per heavy atom. The van der Waals surface area contributed by atoms with E-state index in [1.165, 1.54) is 10.8 Å². The van der Waals surface area contributed by atoms with Gasteiger partial charge in [-0.1, -0.05) is 6.08 Å². The predicted octanol–water partition coefficient (Wildman–Crippen LogP) is 0.0217. The molecule has 0 fully saturated rings. The molecular weight excluding hydrogens is 224 g/mol. The first-order valence-corrected chi connectivity index (χ1v) is 5.22. The van der Waals surface area contributed by atoms with E-state index in [9.17, 15) is 9.59 Å². The number of hydrogen-bond donors (Lipinski definition) is 1. The Balaban J connectivity index is 2.42. The smallest absolute Gasteiger partial charge is 0.330 e. The molecule has 1 aromatic rings. The zero-order valence-corrected chi connectivity index (χ0v) is 9.77. The van der Waals surface area contributed by atoms with Crippen LogP contribution in [0.1, 0.15) is 5.56 Å². The summed E-state index contributed by atoms with van der Waals surface area (Å²) in [5.41, 5.74) is -0.385. The quantitative estimate of drug-likeness (QED) is 0.538. The van der Waals surface area contributed by atoms with Crippen LogP contribution in [0.5, 0.6) is 0 Å². The van der Waals surface area contributed by atoms with E-state index in [2.05, 4.69) is 11.6 Å². The molecule has 0 aliphatic heterocycles. The maximum Gasteiger partial charge on any atom is 0.330 e. The van der Waals surface area contributed by atoms with Gasteiger partial charge >= 0.3 is 5.69 Å². The minimum absolute atomic E-state index is 0.0912. The van der Waals surface area contributed by atoms with Gasteiger partial charge in [0.15, 0.2) is 0 Å². The first-order valence-electron chi connectivity index (χ1n) is 5.22. The topological polar surface area (TPSA) is 73.3 Å². The maximum atomic E-state index is 11.3. The van der Waals surface area contributed by atoms with Crippen LogP contribution in [-0.4, -0.2) is 29.4 Å². The molecule has 0 aliphatic carbocycles. The molecule has 17 heavy (non-hydrogen) atoms. The Bertz CT molecular complexity index is 475. The fourth-order valence-electron chi connectivity index (χ4n) is 1.16. The van der Waals surface area contributed by atoms with Crippen LogP contribution in [0, 0.1) is 6.92 Å². The molecule has 6 heteroatoms. The molecule has 94 valence electrons. The highest BCUT2D eigenvalue weighted by Gasteiger charge is 2.00. The lowest BCUT2D eigenvalue weighted by molar-refractivity contribution is 0.0241. The van der Waals surface area contributed by atoms with Crippen LogP contribution >= 0.6 is 0 Å². The molecule has 1 N–H and O–H groups in total. The Hall–Kier alpha value is -1.66. The largest absolute Gasteiger partial charge is 0.375 e. The van der Waals surface area contributed by atoms with Crippen LogP contribution in [0.3, 0.4) is 0 Å². The van der Waals surface area contributed by atoms with Crippen molar-refractivity contribution in [1.82, 2.24) is 9.55 Å². The molecule has 1 heterocycles. The second kappa shape index (κ2) is 6.82. The zero-order chi connectivity index (χ0) is 12.7. The lowest BCUT2D eigenvalue weighted by atomic mass is 10.4. The number of H-pyrrole nitrogens is 1. The molecule has 0 spiro atoms. The molecule has 0 radical (unpaired) electrons. The van der Waals surface area contributed by atoms with E-state index in [1.807, 2.05) is 0 Å². The number of hydrogen-bond acceptors (Lipinski definition) is 4. The van der Waals surface area contributed by atoms with Crippen molar-refractivity contribution < 1.29 is 9.47 Å². The third kappa shape index (κ3) is 4.38. The molecule has 0 aliphatic rings. The molecule has 0 unspecified atom stereocenters. The second-order valence-electron chi connectivity index (χ2n) is 3.44. The van der Waals surface area contributed by atoms with Crippen molar-refractivity contribution in [3.63, 3.8) is 0 Å². The lowest BCUT2D eigenvalue weighted by Gasteiger charge is -2.07. The van der Waals surface area contributed by atoms with Gasteiger partial charge in [-0.05, 0) is 6.92 Å². The summed E-state index contributed by atoms with van der Waals surface area (Å²) in [7, 11) is 0. The summed E-state index contributed by atoms with van der Waals surface area (Å²) < 4.78 is 11.6. The van der Waals surface area contributed by atoms with Gasteiger partial charge in [0.05, 0.1) is 19.8 Å². The first kappa shape index (κ1) is 13.4. The molecular formula is C11H16N2O4. The third-order valence-electron chi connectivity index (χ3n) is 2.03. The van der Waals surface area contributed by atoms with Gasteiger partial charge < -0.3 is 9.47 Å². The Morgan fingerprint density at radius 2 is 2.12 bits per heavy atom. The van der Waals surface area contributed by atoms with Gasteiger partial charge in [0.1, 0.15) is 6.73 Å². The van der Waals surface area contributed by atoms with Crippen molar-refractivity contribution in [3.05, 3.63) is 45.3 Å². The maximum absolute atomic E-state index is 11.3. The van der Waals surface area contributed by atoms with Crippen molar-refractivity contribution in [3.8, 4) is 0 Å². The second-order valence-corrected chi connectivity index (χ2v) is 3.44. The van der Waals surface area contributed by atoms with Crippen LogP contribution in [0.4, 0.5) is 0 Å². The summed E-state index contributed by atoms with van der Waals surface area (Å²) in [6.45, 7) is 6.51. The summed E-state index contributed by atoms with van der Waals surface area (Å²) in [6.07, 6.45) is 3.11. The molecule has 0 atom stereocenters. The number of aromatic nitrogens is 2. The average molecular weight is 240 g/mol. The monoisotopic (exact) mass is 240 g/mol. The van der Waals surface area contributed by atoms with Crippen molar-refractivity contribution in [1.29, 1.82) is 0 Å². The van der Waals surface area contributed by atoms with Crippen molar-refractivity contribution >= 4 is 0 Å². The summed E-state index contributed by atoms with van der Waals surface area (Å²) in [5, 5.41) is 0. The van der Waals surface area contributed by atoms with Gasteiger partial charge in [0, 0.05) is 11.8 Å². The zero-order valence-electron chi connectivity index (χ0n) is 9.77. The molecule has 1 rings (SSSR count). The fourth-order valence-corrected chi connectivity index (χ4v) is 1.16. The lowest BCUT2D eigenvalue weighted by Crippen LogP contribution is -2.31. The van der Waals surface area contributed by atoms with Crippen LogP contribution in [0.25, 0.3) is 0 Å². The van der Waals surface area contributed by atoms with E-state index in [-0.39, 0.29) is 12.3 Å². The number of aryl methyl sites for hydroxylation is 1. The van der Waals surface area contributed by atoms with Crippen molar-refractivity contribution in [2.45, 2.75) is 13.7 Å². The van der Waals surface area contributed by atoms with E-state index in [4.69, 9.17) is 9.47 Å². The normalized spacial score (nSPS) is 10.4. The molecule has 6 nitrogen and oxygen atoms in total. The SMILES string of the molecule is C=CCOCCOCn1cc(C)c(=O)[nH]c1=O. The molecule has 0 saturated carbocycles. The molecule has 0 bridgehead atoms. The Kier molecular flexibility index (Phi) is 5.38. The molecule has 1 aromatic heterocycles. The number of nitrogens with one attached hydrogen (secondary N) is 1. The van der Waals surface area contributed by atoms with Crippen molar-refractivity contribution in [2.24, 2.45) is 0 Å². The number of nitrogens with zero attached hydrogens (tertiary/aromatic N) is 1. The summed E-state index contributed by atoms with van der Waals surface area (Å²) in [5.74, 6) is 0. The number of aromatic amines is 1. The Labute approximate surface area is 98.5 Å². The highest BCUT2D eigenvalue weighted by molar-refractivity contribution is 5.00. The van der Waals surface area contributed by atoms with Gasteiger partial charge in [0.2, 0.25) is 0 Å². The molecule has 0 aromatic carbocycles. The van der Waals surface area contributed by atoms with Crippen LogP contribution in [-0.2, 0) is 16.2 Å². The summed E-state index contributed by atoms with van der Waals surface area (Å²) >= 11 is 0. The minimum atomic E-state index is -0.479. The first-order chi connectivity index (χ1) is 8.15. The van der Waals surface area contributed by atoms with E-state index in [1.54, 1.807) is 13.0 Å². The van der Waals surface area contributed by atoms with E-state index >= 15 is 0 Å². The summed E-state index contributed by atoms with van der Waals surface area (Å²) in [6, 6.07) is 0. The van der Waals surface area contributed by atoms with Crippen LogP contribution in [0.15, 0.2) is 28.4 Å². The van der Waals surface area contributed by atoms with Crippen molar-refractivity contribution in [2.75, 3.05) is 19.8 Å². The average Bonchev–Trinajstić information content (AvgIpc) is 2.30. The van der Waals surface area contributed by atoms with E-state index in [0.29, 0.717) is 25.4 Å². The van der Waals surface area contributed by atoms with Crippen LogP contribution < -0.4 is 11.2 Å². The van der Waals surface area contributed by atoms with E-state index < -0.39 is 5.69 Å². The molecule has 0 amide bonds. The van der Waals surface area contributed by atoms with Gasteiger partial charge in [-0.3, -0.25) is 14.3 Å².